The van der Waals surface area contributed by atoms with Crippen LogP contribution < -0.4 is 0 Å². The van der Waals surface area contributed by atoms with Crippen LogP contribution in [0.3, 0.4) is 0 Å². The molecule has 1 saturated heterocycles. The van der Waals surface area contributed by atoms with E-state index in [9.17, 15) is 0 Å². The molecule has 1 heteroatoms. The number of likely N-dealkylation sites (tertiary alicyclic amines) is 1. The third-order valence-electron chi connectivity index (χ3n) is 15.4. The molecule has 0 aromatic carbocycles. The van der Waals surface area contributed by atoms with Crippen molar-refractivity contribution in [2.24, 2.45) is 32.5 Å². The van der Waals surface area contributed by atoms with Gasteiger partial charge in [0.05, 0.1) is 0 Å². The van der Waals surface area contributed by atoms with Crippen molar-refractivity contribution in [2.45, 2.75) is 250 Å². The zero-order chi connectivity index (χ0) is 39.6. The maximum atomic E-state index is 2.67. The van der Waals surface area contributed by atoms with E-state index in [0.717, 1.165) is 10.8 Å². The fraction of sp³-hybridized carbons (Fsp3) is 0.885. The number of rotatable bonds is 2. The topological polar surface area (TPSA) is 3.24 Å². The Labute approximate surface area is 334 Å². The molecule has 0 bridgehead atoms. The van der Waals surface area contributed by atoms with Gasteiger partial charge in [0.1, 0.15) is 0 Å². The molecule has 0 radical (unpaired) electrons. The molecule has 1 heterocycles. The van der Waals surface area contributed by atoms with E-state index in [1.165, 1.54) is 161 Å². The maximum Gasteiger partial charge on any atom is 0.0125 e. The third kappa shape index (κ3) is 14.6. The zero-order valence-electron chi connectivity index (χ0n) is 38.9. The quantitative estimate of drug-likeness (QED) is 0.255. The maximum absolute atomic E-state index is 2.67. The van der Waals surface area contributed by atoms with Crippen LogP contribution in [-0.4, -0.2) is 23.5 Å². The van der Waals surface area contributed by atoms with Gasteiger partial charge in [0, 0.05) is 5.54 Å². The lowest BCUT2D eigenvalue weighted by molar-refractivity contribution is 0.0222. The van der Waals surface area contributed by atoms with Crippen LogP contribution >= 0.6 is 0 Å². The molecule has 6 aliphatic rings. The second-order valence-corrected chi connectivity index (χ2v) is 23.2. The van der Waals surface area contributed by atoms with E-state index in [0.29, 0.717) is 27.2 Å². The van der Waals surface area contributed by atoms with E-state index < -0.39 is 0 Å². The summed E-state index contributed by atoms with van der Waals surface area (Å²) in [5, 5.41) is 0. The summed E-state index contributed by atoms with van der Waals surface area (Å²) in [6, 6.07) is 0. The van der Waals surface area contributed by atoms with Crippen LogP contribution in [0.2, 0.25) is 0 Å². The second kappa shape index (κ2) is 19.6. The molecule has 0 amide bonds. The van der Waals surface area contributed by atoms with Crippen LogP contribution in [0.4, 0.5) is 0 Å². The van der Waals surface area contributed by atoms with Gasteiger partial charge in [-0.3, -0.25) is 4.90 Å². The number of piperidine rings is 1. The highest BCUT2D eigenvalue weighted by molar-refractivity contribution is 5.18. The minimum atomic E-state index is 0.385. The minimum Gasteiger partial charge on any atom is -0.298 e. The highest BCUT2D eigenvalue weighted by atomic mass is 15.2. The summed E-state index contributed by atoms with van der Waals surface area (Å²) in [4.78, 5) is 2.67. The Morgan fingerprint density at radius 1 is 0.453 bits per heavy atom. The zero-order valence-corrected chi connectivity index (χ0v) is 38.9. The lowest BCUT2D eigenvalue weighted by Crippen LogP contribution is -2.49. The van der Waals surface area contributed by atoms with Crippen molar-refractivity contribution in [3.8, 4) is 0 Å². The fourth-order valence-corrected chi connectivity index (χ4v) is 10.4. The first-order valence-corrected chi connectivity index (χ1v) is 23.4. The molecule has 2 spiro atoms. The molecule has 0 atom stereocenters. The molecule has 308 valence electrons. The van der Waals surface area contributed by atoms with Crippen LogP contribution in [0.5, 0.6) is 0 Å². The van der Waals surface area contributed by atoms with Gasteiger partial charge < -0.3 is 0 Å². The summed E-state index contributed by atoms with van der Waals surface area (Å²) >= 11 is 0. The standard InChI is InChI=1S/C14H27N.C14H26.C13H22.C11H20/c1-13(2,3)15-11-9-14(10-12-15)7-5-4-6-8-14;1-6-14(7-2)10-8-12(9-11-14)13(3,4)5;1-12(2,3)11-5-9-13(10-6-11)7-4-8-13;1-11(2,3)10-8-6-4-5-7-9-10/h4-12H2,1-3H3;8H,6-7,9-11H2,1-5H3;5H,4,6-10H2,1-3H3;8H,4-7,9H2,1-3H3. The van der Waals surface area contributed by atoms with Crippen molar-refractivity contribution in [3.63, 3.8) is 0 Å². The van der Waals surface area contributed by atoms with E-state index in [4.69, 9.17) is 0 Å². The fourth-order valence-electron chi connectivity index (χ4n) is 10.4. The molecular weight excluding hydrogens is 639 g/mol. The Bertz CT molecular complexity index is 1150. The summed E-state index contributed by atoms with van der Waals surface area (Å²) in [5.41, 5.74) is 8.85. The second-order valence-electron chi connectivity index (χ2n) is 23.2. The molecule has 1 aliphatic heterocycles. The molecule has 0 aromatic heterocycles. The summed E-state index contributed by atoms with van der Waals surface area (Å²) < 4.78 is 0. The van der Waals surface area contributed by atoms with Crippen LogP contribution in [0.25, 0.3) is 0 Å². The van der Waals surface area contributed by atoms with Gasteiger partial charge in [-0.25, -0.2) is 0 Å². The van der Waals surface area contributed by atoms with Gasteiger partial charge >= 0.3 is 0 Å². The van der Waals surface area contributed by atoms with Gasteiger partial charge in [-0.1, -0.05) is 156 Å². The molecule has 0 N–H and O–H groups in total. The largest absolute Gasteiger partial charge is 0.298 e. The van der Waals surface area contributed by atoms with Gasteiger partial charge in [0.25, 0.3) is 0 Å². The van der Waals surface area contributed by atoms with E-state index in [1.807, 2.05) is 0 Å². The number of nitrogens with zero attached hydrogens (tertiary/aromatic N) is 1. The van der Waals surface area contributed by atoms with Gasteiger partial charge in [0.2, 0.25) is 0 Å². The smallest absolute Gasteiger partial charge is 0.0125 e. The van der Waals surface area contributed by atoms with E-state index in [-0.39, 0.29) is 0 Å². The van der Waals surface area contributed by atoms with Crippen molar-refractivity contribution < 1.29 is 0 Å². The number of allylic oxidation sites excluding steroid dienone is 6. The van der Waals surface area contributed by atoms with Crippen molar-refractivity contribution in [1.82, 2.24) is 4.90 Å². The molecule has 0 aromatic rings. The summed E-state index contributed by atoms with van der Waals surface area (Å²) in [5.74, 6) is 0. The predicted octanol–water partition coefficient (Wildman–Crippen LogP) is 17.0. The Balaban J connectivity index is 0.000000191. The molecule has 53 heavy (non-hydrogen) atoms. The first-order valence-electron chi connectivity index (χ1n) is 23.4. The van der Waals surface area contributed by atoms with Crippen LogP contribution in [0.15, 0.2) is 34.9 Å². The Morgan fingerprint density at radius 2 is 0.925 bits per heavy atom. The van der Waals surface area contributed by atoms with Crippen molar-refractivity contribution in [1.29, 1.82) is 0 Å². The Hall–Kier alpha value is -0.820. The van der Waals surface area contributed by atoms with Gasteiger partial charge in [0.15, 0.2) is 0 Å². The van der Waals surface area contributed by atoms with Crippen molar-refractivity contribution in [3.05, 3.63) is 34.9 Å². The molecule has 6 rings (SSSR count). The average molecular weight is 734 g/mol. The minimum absolute atomic E-state index is 0.385. The lowest BCUT2D eigenvalue weighted by atomic mass is 9.60. The average Bonchev–Trinajstić information content (AvgIpc) is 3.39. The van der Waals surface area contributed by atoms with Crippen LogP contribution in [-0.2, 0) is 0 Å². The Kier molecular flexibility index (Phi) is 17.2. The molecule has 5 aliphatic carbocycles. The molecule has 3 fully saturated rings. The number of hydrogen-bond donors (Lipinski definition) is 0. The van der Waals surface area contributed by atoms with Crippen LogP contribution in [0.1, 0.15) is 245 Å². The van der Waals surface area contributed by atoms with Gasteiger partial charge in [-0.15, -0.1) is 0 Å². The number of hydrogen-bond acceptors (Lipinski definition) is 1. The highest BCUT2D eigenvalue weighted by Crippen LogP contribution is 2.53. The van der Waals surface area contributed by atoms with Gasteiger partial charge in [-0.2, -0.15) is 0 Å². The molecule has 0 unspecified atom stereocenters. The van der Waals surface area contributed by atoms with Gasteiger partial charge in [-0.05, 0) is 169 Å². The SMILES string of the molecule is CC(C)(C)C1=CCC2(CCC2)CC1.CC(C)(C)C1=CCCCCC1.CC(C)(C)N1CCC2(CCCCC2)CC1.CCC1(CC)CC=C(C(C)(C)C)CC1. The molecular formula is C52H95N. The molecule has 2 saturated carbocycles. The first kappa shape index (κ1) is 46.6. The highest BCUT2D eigenvalue weighted by Gasteiger charge is 2.39. The summed E-state index contributed by atoms with van der Waals surface area (Å²) in [7, 11) is 0. The van der Waals surface area contributed by atoms with Crippen molar-refractivity contribution >= 4 is 0 Å². The predicted molar refractivity (Wildman–Crippen MR) is 239 cm³/mol. The van der Waals surface area contributed by atoms with E-state index >= 15 is 0 Å². The first-order chi connectivity index (χ1) is 24.6. The molecule has 1 nitrogen and oxygen atoms in total. The van der Waals surface area contributed by atoms with E-state index in [1.54, 1.807) is 16.7 Å². The normalized spacial score (nSPS) is 24.7. The monoisotopic (exact) mass is 734 g/mol. The summed E-state index contributed by atoms with van der Waals surface area (Å²) in [6.07, 6.45) is 40.3. The lowest BCUT2D eigenvalue weighted by Gasteiger charge is -2.48. The van der Waals surface area contributed by atoms with Crippen LogP contribution in [0, 0.1) is 32.5 Å². The third-order valence-corrected chi connectivity index (χ3v) is 15.4. The van der Waals surface area contributed by atoms with E-state index in [2.05, 4.69) is 120 Å². The summed E-state index contributed by atoms with van der Waals surface area (Å²) in [6.45, 7) is 35.4. The Morgan fingerprint density at radius 3 is 1.32 bits per heavy atom. The van der Waals surface area contributed by atoms with Crippen molar-refractivity contribution in [2.75, 3.05) is 13.1 Å².